The van der Waals surface area contributed by atoms with E-state index in [4.69, 9.17) is 8.83 Å². The van der Waals surface area contributed by atoms with Crippen LogP contribution in [-0.4, -0.2) is 0 Å². The van der Waals surface area contributed by atoms with Crippen LogP contribution in [0.2, 0.25) is 0 Å². The molecule has 0 aromatic carbocycles. The minimum Gasteiger partial charge on any atom is -0.465 e. The van der Waals surface area contributed by atoms with Crippen LogP contribution in [0.15, 0.2) is 44.2 Å². The number of rotatable bonds is 2. The third kappa shape index (κ3) is 2.47. The summed E-state index contributed by atoms with van der Waals surface area (Å²) in [6, 6.07) is 6.86. The van der Waals surface area contributed by atoms with E-state index in [0.717, 1.165) is 11.3 Å². The molecule has 0 aliphatic rings. The summed E-state index contributed by atoms with van der Waals surface area (Å²) in [6.07, 6.45) is 5.04. The minimum atomic E-state index is -0.339. The average molecular weight is 202 g/mol. The molecule has 0 bridgehead atoms. The van der Waals surface area contributed by atoms with Gasteiger partial charge in [-0.2, -0.15) is 0 Å². The molecule has 0 aliphatic carbocycles. The molecule has 2 aromatic heterocycles. The molecule has 76 valence electrons. The highest BCUT2D eigenvalue weighted by molar-refractivity contribution is 5.64. The summed E-state index contributed by atoms with van der Waals surface area (Å²) < 4.78 is 10.1. The molecule has 0 aliphatic heterocycles. The second-order valence-electron chi connectivity index (χ2n) is 3.20. The molecule has 0 fully saturated rings. The summed E-state index contributed by atoms with van der Waals surface area (Å²) in [6.45, 7) is 1.85. The number of furan rings is 1. The Labute approximate surface area is 86.7 Å². The van der Waals surface area contributed by atoms with Crippen molar-refractivity contribution in [1.82, 2.24) is 0 Å². The van der Waals surface area contributed by atoms with Gasteiger partial charge in [0.15, 0.2) is 0 Å². The molecule has 2 rings (SSSR count). The Kier molecular flexibility index (Phi) is 2.54. The van der Waals surface area contributed by atoms with Gasteiger partial charge in [0, 0.05) is 6.07 Å². The minimum absolute atomic E-state index is 0.339. The van der Waals surface area contributed by atoms with E-state index in [1.54, 1.807) is 30.5 Å². The first-order chi connectivity index (χ1) is 7.24. The van der Waals surface area contributed by atoms with Gasteiger partial charge in [-0.1, -0.05) is 0 Å². The van der Waals surface area contributed by atoms with Crippen LogP contribution in [0.1, 0.15) is 17.1 Å². The standard InChI is InChI=1S/C12H10O3/c1-9-7-11(15-12(13)8-9)5-4-10-3-2-6-14-10/h2-8H,1H3. The van der Waals surface area contributed by atoms with Gasteiger partial charge in [0.25, 0.3) is 0 Å². The van der Waals surface area contributed by atoms with E-state index in [9.17, 15) is 4.79 Å². The third-order valence-electron chi connectivity index (χ3n) is 1.89. The summed E-state index contributed by atoms with van der Waals surface area (Å²) in [7, 11) is 0. The second-order valence-corrected chi connectivity index (χ2v) is 3.20. The van der Waals surface area contributed by atoms with E-state index in [0.29, 0.717) is 5.76 Å². The van der Waals surface area contributed by atoms with Crippen molar-refractivity contribution < 1.29 is 8.83 Å². The van der Waals surface area contributed by atoms with Crippen molar-refractivity contribution in [2.75, 3.05) is 0 Å². The number of hydrogen-bond acceptors (Lipinski definition) is 3. The van der Waals surface area contributed by atoms with Crippen molar-refractivity contribution in [3.63, 3.8) is 0 Å². The van der Waals surface area contributed by atoms with Gasteiger partial charge >= 0.3 is 5.63 Å². The van der Waals surface area contributed by atoms with Crippen molar-refractivity contribution >= 4 is 12.2 Å². The Morgan fingerprint density at radius 2 is 2.00 bits per heavy atom. The average Bonchev–Trinajstić information content (AvgIpc) is 2.65. The van der Waals surface area contributed by atoms with E-state index < -0.39 is 0 Å². The van der Waals surface area contributed by atoms with E-state index in [1.165, 1.54) is 6.07 Å². The first-order valence-electron chi connectivity index (χ1n) is 4.57. The molecule has 0 amide bonds. The molecule has 0 saturated carbocycles. The first kappa shape index (κ1) is 9.52. The Morgan fingerprint density at radius 3 is 2.67 bits per heavy atom. The summed E-state index contributed by atoms with van der Waals surface area (Å²) >= 11 is 0. The fourth-order valence-electron chi connectivity index (χ4n) is 1.26. The lowest BCUT2D eigenvalue weighted by Gasteiger charge is -1.93. The number of hydrogen-bond donors (Lipinski definition) is 0. The summed E-state index contributed by atoms with van der Waals surface area (Å²) in [5.74, 6) is 1.25. The van der Waals surface area contributed by atoms with E-state index in [-0.39, 0.29) is 5.63 Å². The lowest BCUT2D eigenvalue weighted by atomic mass is 10.2. The lowest BCUT2D eigenvalue weighted by Crippen LogP contribution is -1.97. The van der Waals surface area contributed by atoms with Gasteiger partial charge in [-0.05, 0) is 42.8 Å². The van der Waals surface area contributed by atoms with E-state index >= 15 is 0 Å². The smallest absolute Gasteiger partial charge is 0.336 e. The molecule has 0 radical (unpaired) electrons. The van der Waals surface area contributed by atoms with Crippen LogP contribution in [0.4, 0.5) is 0 Å². The molecule has 3 nitrogen and oxygen atoms in total. The molecule has 0 atom stereocenters. The summed E-state index contributed by atoms with van der Waals surface area (Å²) in [5.41, 5.74) is 0.541. The fraction of sp³-hybridized carbons (Fsp3) is 0.0833. The normalized spacial score (nSPS) is 11.0. The van der Waals surface area contributed by atoms with Gasteiger partial charge in [0.2, 0.25) is 0 Å². The highest BCUT2D eigenvalue weighted by Crippen LogP contribution is 2.08. The number of aryl methyl sites for hydroxylation is 1. The SMILES string of the molecule is Cc1cc(C=Cc2ccco2)oc(=O)c1. The fourth-order valence-corrected chi connectivity index (χ4v) is 1.26. The van der Waals surface area contributed by atoms with Crippen LogP contribution in [0.25, 0.3) is 12.2 Å². The van der Waals surface area contributed by atoms with Crippen molar-refractivity contribution in [2.24, 2.45) is 0 Å². The van der Waals surface area contributed by atoms with Crippen molar-refractivity contribution in [1.29, 1.82) is 0 Å². The Hall–Kier alpha value is -2.03. The van der Waals surface area contributed by atoms with E-state index in [2.05, 4.69) is 0 Å². The zero-order valence-corrected chi connectivity index (χ0v) is 8.27. The maximum Gasteiger partial charge on any atom is 0.336 e. The molecule has 0 saturated heterocycles. The van der Waals surface area contributed by atoms with Crippen LogP contribution in [0.5, 0.6) is 0 Å². The summed E-state index contributed by atoms with van der Waals surface area (Å²) in [4.78, 5) is 11.0. The molecule has 0 spiro atoms. The monoisotopic (exact) mass is 202 g/mol. The van der Waals surface area contributed by atoms with Crippen molar-refractivity contribution in [2.45, 2.75) is 6.92 Å². The molecule has 0 unspecified atom stereocenters. The lowest BCUT2D eigenvalue weighted by molar-refractivity contribution is 0.499. The van der Waals surface area contributed by atoms with Gasteiger partial charge in [0.1, 0.15) is 11.5 Å². The maximum atomic E-state index is 11.0. The Bertz CT molecular complexity index is 518. The van der Waals surface area contributed by atoms with Crippen molar-refractivity contribution in [3.8, 4) is 0 Å². The second kappa shape index (κ2) is 4.00. The predicted octanol–water partition coefficient (Wildman–Crippen LogP) is 2.71. The van der Waals surface area contributed by atoms with Gasteiger partial charge in [-0.3, -0.25) is 0 Å². The molecule has 0 N–H and O–H groups in total. The zero-order valence-electron chi connectivity index (χ0n) is 8.27. The first-order valence-corrected chi connectivity index (χ1v) is 4.57. The van der Waals surface area contributed by atoms with Gasteiger partial charge in [-0.15, -0.1) is 0 Å². The van der Waals surface area contributed by atoms with Crippen LogP contribution in [-0.2, 0) is 0 Å². The quantitative estimate of drug-likeness (QED) is 0.751. The molecular formula is C12H10O3. The zero-order chi connectivity index (χ0) is 10.7. The Balaban J connectivity index is 2.28. The highest BCUT2D eigenvalue weighted by Gasteiger charge is 1.95. The molecule has 3 heteroatoms. The third-order valence-corrected chi connectivity index (χ3v) is 1.89. The van der Waals surface area contributed by atoms with Crippen molar-refractivity contribution in [3.05, 3.63) is 58.0 Å². The predicted molar refractivity (Wildman–Crippen MR) is 57.4 cm³/mol. The summed E-state index contributed by atoms with van der Waals surface area (Å²) in [5, 5.41) is 0. The van der Waals surface area contributed by atoms with Crippen LogP contribution in [0, 0.1) is 6.92 Å². The Morgan fingerprint density at radius 1 is 1.20 bits per heavy atom. The van der Waals surface area contributed by atoms with E-state index in [1.807, 2.05) is 13.0 Å². The maximum absolute atomic E-state index is 11.0. The van der Waals surface area contributed by atoms with Crippen LogP contribution >= 0.6 is 0 Å². The molecular weight excluding hydrogens is 192 g/mol. The topological polar surface area (TPSA) is 43.4 Å². The van der Waals surface area contributed by atoms with Gasteiger partial charge in [-0.25, -0.2) is 4.79 Å². The van der Waals surface area contributed by atoms with Gasteiger partial charge < -0.3 is 8.83 Å². The van der Waals surface area contributed by atoms with Crippen LogP contribution < -0.4 is 5.63 Å². The van der Waals surface area contributed by atoms with Crippen LogP contribution in [0.3, 0.4) is 0 Å². The van der Waals surface area contributed by atoms with Gasteiger partial charge in [0.05, 0.1) is 6.26 Å². The molecule has 2 aromatic rings. The highest BCUT2D eigenvalue weighted by atomic mass is 16.4. The molecule has 15 heavy (non-hydrogen) atoms. The largest absolute Gasteiger partial charge is 0.465 e. The molecule has 2 heterocycles.